The van der Waals surface area contributed by atoms with Crippen molar-refractivity contribution in [1.82, 2.24) is 0 Å². The monoisotopic (exact) mass is 270 g/mol. The third kappa shape index (κ3) is 5.37. The number of rotatable bonds is 7. The van der Waals surface area contributed by atoms with Crippen LogP contribution in [0.3, 0.4) is 0 Å². The minimum atomic E-state index is -3.95. The molecule has 0 heterocycles. The van der Waals surface area contributed by atoms with Gasteiger partial charge in [-0.05, 0) is 29.5 Å². The molecule has 1 aromatic carbocycles. The molecule has 5 nitrogen and oxygen atoms in total. The summed E-state index contributed by atoms with van der Waals surface area (Å²) in [5, 5.41) is 3.64. The maximum atomic E-state index is 11.6. The minimum absolute atomic E-state index is 0.324. The normalized spacial score (nSPS) is 13.9. The Bertz CT molecular complexity index is 471. The molecule has 100 valence electrons. The van der Waals surface area contributed by atoms with Crippen LogP contribution in [0, 0.1) is 0 Å². The molecule has 6 heteroatoms. The van der Waals surface area contributed by atoms with Crippen molar-refractivity contribution < 1.29 is 12.6 Å². The number of hydrogen-bond donors (Lipinski definition) is 0. The first-order valence-corrected chi connectivity index (χ1v) is 7.35. The molecule has 0 saturated heterocycles. The summed E-state index contributed by atoms with van der Waals surface area (Å²) in [6.45, 7) is 3.86. The minimum Gasteiger partial charge on any atom is -0.248 e. The summed E-state index contributed by atoms with van der Waals surface area (Å²) in [5.74, 6) is 0. The second-order valence-electron chi connectivity index (χ2n) is 3.86. The molecule has 0 N–H and O–H groups in total. The van der Waals surface area contributed by atoms with E-state index in [0.29, 0.717) is 18.5 Å². The third-order valence-electron chi connectivity index (χ3n) is 2.34. The van der Waals surface area contributed by atoms with Crippen LogP contribution in [0.4, 0.5) is 5.69 Å². The van der Waals surface area contributed by atoms with E-state index >= 15 is 0 Å². The molecule has 0 aromatic heterocycles. The van der Waals surface area contributed by atoms with E-state index in [2.05, 4.69) is 9.63 Å². The summed E-state index contributed by atoms with van der Waals surface area (Å²) in [7, 11) is -3.95. The Morgan fingerprint density at radius 3 is 2.44 bits per heavy atom. The summed E-state index contributed by atoms with van der Waals surface area (Å²) >= 11 is 0. The number of benzene rings is 1. The molecule has 0 radical (unpaired) electrons. The van der Waals surface area contributed by atoms with Gasteiger partial charge in [0.1, 0.15) is 0 Å². The van der Waals surface area contributed by atoms with Gasteiger partial charge in [0, 0.05) is 0 Å². The van der Waals surface area contributed by atoms with Gasteiger partial charge in [-0.15, -0.1) is 5.11 Å². The fraction of sp³-hybridized carbons (Fsp3) is 0.500. The predicted octanol–water partition coefficient (Wildman–Crippen LogP) is 3.61. The maximum Gasteiger partial charge on any atom is 0.398 e. The zero-order valence-corrected chi connectivity index (χ0v) is 11.4. The van der Waals surface area contributed by atoms with Crippen LogP contribution in [-0.4, -0.2) is 14.5 Å². The zero-order valence-electron chi connectivity index (χ0n) is 10.6. The molecule has 1 rings (SSSR count). The van der Waals surface area contributed by atoms with Crippen LogP contribution in [-0.2, 0) is 14.5 Å². The molecule has 0 fully saturated rings. The van der Waals surface area contributed by atoms with E-state index in [1.807, 2.05) is 19.9 Å². The van der Waals surface area contributed by atoms with Crippen LogP contribution in [0.15, 0.2) is 40.0 Å². The first kappa shape index (κ1) is 14.8. The van der Waals surface area contributed by atoms with Crippen LogP contribution >= 0.6 is 0 Å². The SMILES string of the molecule is CCCC(CC)OS(=O)(=O)N=Nc1ccccc1. The van der Waals surface area contributed by atoms with Crippen molar-refractivity contribution in [3.05, 3.63) is 30.3 Å². The summed E-state index contributed by atoms with van der Waals surface area (Å²) in [6.07, 6.45) is 1.86. The van der Waals surface area contributed by atoms with E-state index < -0.39 is 10.3 Å². The summed E-state index contributed by atoms with van der Waals surface area (Å²) < 4.78 is 31.4. The molecule has 18 heavy (non-hydrogen) atoms. The molecule has 0 aliphatic carbocycles. The van der Waals surface area contributed by atoms with Crippen molar-refractivity contribution in [3.8, 4) is 0 Å². The molecule has 0 saturated carbocycles. The number of nitrogens with zero attached hydrogens (tertiary/aromatic N) is 2. The highest BCUT2D eigenvalue weighted by Crippen LogP contribution is 2.15. The Kier molecular flexibility index (Phi) is 5.94. The van der Waals surface area contributed by atoms with Gasteiger partial charge in [0.2, 0.25) is 0 Å². The van der Waals surface area contributed by atoms with E-state index in [1.165, 1.54) is 0 Å². The van der Waals surface area contributed by atoms with Gasteiger partial charge in [0.25, 0.3) is 0 Å². The molecule has 1 aromatic rings. The van der Waals surface area contributed by atoms with Crippen molar-refractivity contribution in [1.29, 1.82) is 0 Å². The number of hydrogen-bond acceptors (Lipinski definition) is 4. The lowest BCUT2D eigenvalue weighted by atomic mass is 10.2. The van der Waals surface area contributed by atoms with Gasteiger partial charge in [-0.1, -0.05) is 38.5 Å². The average molecular weight is 270 g/mol. The molecule has 0 aliphatic heterocycles. The maximum absolute atomic E-state index is 11.6. The molecule has 1 atom stereocenters. The average Bonchev–Trinajstić information content (AvgIpc) is 2.37. The van der Waals surface area contributed by atoms with Gasteiger partial charge in [-0.2, -0.15) is 8.42 Å². The summed E-state index contributed by atoms with van der Waals surface area (Å²) in [5.41, 5.74) is 0.480. The standard InChI is InChI=1S/C12H18N2O3S/c1-3-8-12(4-2)17-18(15,16)14-13-11-9-6-5-7-10-11/h5-7,9-10,12H,3-4,8H2,1-2H3. The summed E-state index contributed by atoms with van der Waals surface area (Å²) in [6, 6.07) is 8.67. The highest BCUT2D eigenvalue weighted by molar-refractivity contribution is 7.85. The topological polar surface area (TPSA) is 68.1 Å². The van der Waals surface area contributed by atoms with Gasteiger partial charge >= 0.3 is 10.3 Å². The Morgan fingerprint density at radius 2 is 1.89 bits per heavy atom. The molecular weight excluding hydrogens is 252 g/mol. The van der Waals surface area contributed by atoms with Gasteiger partial charge in [-0.25, -0.2) is 4.18 Å². The second kappa shape index (κ2) is 7.23. The Morgan fingerprint density at radius 1 is 1.22 bits per heavy atom. The van der Waals surface area contributed by atoms with Gasteiger partial charge in [0.15, 0.2) is 0 Å². The van der Waals surface area contributed by atoms with Gasteiger partial charge in [0.05, 0.1) is 11.8 Å². The Balaban J connectivity index is 2.67. The quantitative estimate of drug-likeness (QED) is 0.711. The van der Waals surface area contributed by atoms with E-state index in [9.17, 15) is 8.42 Å². The van der Waals surface area contributed by atoms with Crippen molar-refractivity contribution in [3.63, 3.8) is 0 Å². The fourth-order valence-corrected chi connectivity index (χ4v) is 2.23. The molecule has 0 bridgehead atoms. The fourth-order valence-electron chi connectivity index (χ4n) is 1.43. The van der Waals surface area contributed by atoms with E-state index in [1.54, 1.807) is 24.3 Å². The lowest BCUT2D eigenvalue weighted by Crippen LogP contribution is -2.15. The molecule has 0 aliphatic rings. The smallest absolute Gasteiger partial charge is 0.248 e. The van der Waals surface area contributed by atoms with Crippen LogP contribution in [0.1, 0.15) is 33.1 Å². The van der Waals surface area contributed by atoms with E-state index in [4.69, 9.17) is 4.18 Å². The van der Waals surface area contributed by atoms with E-state index in [-0.39, 0.29) is 6.10 Å². The molecule has 0 spiro atoms. The molecule has 0 amide bonds. The van der Waals surface area contributed by atoms with Gasteiger partial charge < -0.3 is 0 Å². The van der Waals surface area contributed by atoms with Crippen LogP contribution in [0.25, 0.3) is 0 Å². The first-order valence-electron chi connectivity index (χ1n) is 5.98. The van der Waals surface area contributed by atoms with Gasteiger partial charge in [-0.3, -0.25) is 0 Å². The van der Waals surface area contributed by atoms with Crippen LogP contribution in [0.2, 0.25) is 0 Å². The van der Waals surface area contributed by atoms with Crippen molar-refractivity contribution in [2.45, 2.75) is 39.2 Å². The molecular formula is C12H18N2O3S. The van der Waals surface area contributed by atoms with Crippen LogP contribution < -0.4 is 0 Å². The van der Waals surface area contributed by atoms with Crippen LogP contribution in [0.5, 0.6) is 0 Å². The Labute approximate surface area is 108 Å². The summed E-state index contributed by atoms with van der Waals surface area (Å²) in [4.78, 5) is 0. The lowest BCUT2D eigenvalue weighted by Gasteiger charge is -2.11. The van der Waals surface area contributed by atoms with Crippen molar-refractivity contribution in [2.24, 2.45) is 9.63 Å². The highest BCUT2D eigenvalue weighted by Gasteiger charge is 2.16. The zero-order chi connectivity index (χ0) is 13.4. The highest BCUT2D eigenvalue weighted by atomic mass is 32.2. The lowest BCUT2D eigenvalue weighted by molar-refractivity contribution is 0.193. The molecule has 1 unspecified atom stereocenters. The predicted molar refractivity (Wildman–Crippen MR) is 69.9 cm³/mol. The van der Waals surface area contributed by atoms with Crippen molar-refractivity contribution >= 4 is 16.0 Å². The largest absolute Gasteiger partial charge is 0.398 e. The second-order valence-corrected chi connectivity index (χ2v) is 5.07. The first-order chi connectivity index (χ1) is 8.57. The Hall–Kier alpha value is -1.27. The third-order valence-corrected chi connectivity index (χ3v) is 3.13. The van der Waals surface area contributed by atoms with Crippen molar-refractivity contribution in [2.75, 3.05) is 0 Å². The van der Waals surface area contributed by atoms with E-state index in [0.717, 1.165) is 6.42 Å².